The highest BCUT2D eigenvalue weighted by Crippen LogP contribution is 2.33. The van der Waals surface area contributed by atoms with Crippen LogP contribution in [0.3, 0.4) is 0 Å². The van der Waals surface area contributed by atoms with E-state index in [4.69, 9.17) is 9.47 Å². The maximum absolute atomic E-state index is 5.57. The van der Waals surface area contributed by atoms with Crippen LogP contribution in [0.25, 0.3) is 0 Å². The van der Waals surface area contributed by atoms with Gasteiger partial charge >= 0.3 is 0 Å². The Morgan fingerprint density at radius 1 is 1.44 bits per heavy atom. The summed E-state index contributed by atoms with van der Waals surface area (Å²) in [5.41, 5.74) is 0.368. The third-order valence-electron chi connectivity index (χ3n) is 3.29. The zero-order valence-corrected chi connectivity index (χ0v) is 11.1. The largest absolute Gasteiger partial charge is 0.385 e. The van der Waals surface area contributed by atoms with Gasteiger partial charge in [-0.2, -0.15) is 0 Å². The lowest BCUT2D eigenvalue weighted by molar-refractivity contribution is 0.127. The molecule has 1 aliphatic rings. The van der Waals surface area contributed by atoms with Crippen molar-refractivity contribution in [1.29, 1.82) is 0 Å². The van der Waals surface area contributed by atoms with Crippen LogP contribution in [0.5, 0.6) is 0 Å². The van der Waals surface area contributed by atoms with Crippen LogP contribution in [-0.2, 0) is 9.47 Å². The summed E-state index contributed by atoms with van der Waals surface area (Å²) in [6.07, 6.45) is 3.55. The van der Waals surface area contributed by atoms with Crippen molar-refractivity contribution in [3.8, 4) is 0 Å². The molecule has 1 fully saturated rings. The molecule has 1 aliphatic heterocycles. The molecule has 1 rings (SSSR count). The van der Waals surface area contributed by atoms with Crippen molar-refractivity contribution in [1.82, 2.24) is 5.32 Å². The number of methoxy groups -OCH3 is 1. The number of rotatable bonds is 8. The summed E-state index contributed by atoms with van der Waals surface area (Å²) in [5.74, 6) is 0.721. The zero-order chi connectivity index (χ0) is 11.9. The molecular formula is C13H27NO2. The van der Waals surface area contributed by atoms with Gasteiger partial charge in [0.2, 0.25) is 0 Å². The third-order valence-corrected chi connectivity index (χ3v) is 3.29. The molecule has 0 aliphatic carbocycles. The van der Waals surface area contributed by atoms with Gasteiger partial charge in [-0.25, -0.2) is 0 Å². The Labute approximate surface area is 99.9 Å². The number of hydrogen-bond donors (Lipinski definition) is 1. The van der Waals surface area contributed by atoms with Crippen LogP contribution in [0.15, 0.2) is 0 Å². The number of hydrogen-bond acceptors (Lipinski definition) is 3. The van der Waals surface area contributed by atoms with Crippen molar-refractivity contribution in [3.05, 3.63) is 0 Å². The average molecular weight is 229 g/mol. The van der Waals surface area contributed by atoms with Gasteiger partial charge in [-0.05, 0) is 31.7 Å². The Balaban J connectivity index is 2.27. The first-order valence-corrected chi connectivity index (χ1v) is 6.46. The highest BCUT2D eigenvalue weighted by molar-refractivity contribution is 4.85. The minimum absolute atomic E-state index is 0.368. The van der Waals surface area contributed by atoms with Crippen molar-refractivity contribution < 1.29 is 9.47 Å². The van der Waals surface area contributed by atoms with E-state index in [-0.39, 0.29) is 0 Å². The molecule has 3 nitrogen and oxygen atoms in total. The molecule has 1 heterocycles. The van der Waals surface area contributed by atoms with Crippen molar-refractivity contribution in [3.63, 3.8) is 0 Å². The molecule has 0 aromatic rings. The van der Waals surface area contributed by atoms with Gasteiger partial charge in [-0.3, -0.25) is 0 Å². The van der Waals surface area contributed by atoms with E-state index in [2.05, 4.69) is 19.2 Å². The lowest BCUT2D eigenvalue weighted by Crippen LogP contribution is -2.36. The quantitative estimate of drug-likeness (QED) is 0.646. The summed E-state index contributed by atoms with van der Waals surface area (Å²) >= 11 is 0. The van der Waals surface area contributed by atoms with E-state index in [0.29, 0.717) is 5.41 Å². The van der Waals surface area contributed by atoms with E-state index in [9.17, 15) is 0 Å². The predicted octanol–water partition coefficient (Wildman–Crippen LogP) is 2.07. The van der Waals surface area contributed by atoms with Gasteiger partial charge in [-0.15, -0.1) is 0 Å². The molecule has 0 saturated carbocycles. The molecule has 0 aromatic carbocycles. The van der Waals surface area contributed by atoms with Crippen molar-refractivity contribution >= 4 is 0 Å². The molecule has 0 radical (unpaired) electrons. The lowest BCUT2D eigenvalue weighted by atomic mass is 9.82. The lowest BCUT2D eigenvalue weighted by Gasteiger charge is -2.28. The van der Waals surface area contributed by atoms with Crippen molar-refractivity contribution in [2.45, 2.75) is 33.1 Å². The fourth-order valence-corrected chi connectivity index (χ4v) is 2.29. The first-order chi connectivity index (χ1) is 7.68. The molecule has 0 spiro atoms. The van der Waals surface area contributed by atoms with Gasteiger partial charge in [0.25, 0.3) is 0 Å². The second-order valence-corrected chi connectivity index (χ2v) is 5.42. The second kappa shape index (κ2) is 7.25. The fraction of sp³-hybridized carbons (Fsp3) is 1.00. The van der Waals surface area contributed by atoms with Crippen LogP contribution in [0, 0.1) is 11.3 Å². The normalized spacial score (nSPS) is 25.5. The molecule has 3 heteroatoms. The molecule has 16 heavy (non-hydrogen) atoms. The van der Waals surface area contributed by atoms with Crippen molar-refractivity contribution in [2.75, 3.05) is 40.0 Å². The summed E-state index contributed by atoms with van der Waals surface area (Å²) in [6.45, 7) is 9.40. The molecule has 1 atom stereocenters. The smallest absolute Gasteiger partial charge is 0.0535 e. The average Bonchev–Trinajstić information content (AvgIpc) is 2.67. The van der Waals surface area contributed by atoms with Crippen LogP contribution < -0.4 is 5.32 Å². The zero-order valence-electron chi connectivity index (χ0n) is 11.1. The van der Waals surface area contributed by atoms with E-state index in [1.807, 2.05) is 0 Å². The van der Waals surface area contributed by atoms with Gasteiger partial charge in [0.1, 0.15) is 0 Å². The molecular weight excluding hydrogens is 202 g/mol. The molecule has 0 aromatic heterocycles. The number of nitrogens with one attached hydrogen (secondary N) is 1. The standard InChI is InChI=1S/C13H27NO2/c1-12(2)9-14-10-13(5-4-7-15-3)6-8-16-11-13/h12,14H,4-11H2,1-3H3. The van der Waals surface area contributed by atoms with Gasteiger partial charge in [0.15, 0.2) is 0 Å². The molecule has 1 unspecified atom stereocenters. The molecule has 1 saturated heterocycles. The van der Waals surface area contributed by atoms with Crippen LogP contribution in [0.1, 0.15) is 33.1 Å². The summed E-state index contributed by atoms with van der Waals surface area (Å²) < 4.78 is 10.7. The fourth-order valence-electron chi connectivity index (χ4n) is 2.29. The Kier molecular flexibility index (Phi) is 6.32. The summed E-state index contributed by atoms with van der Waals surface area (Å²) in [7, 11) is 1.77. The molecule has 96 valence electrons. The highest BCUT2D eigenvalue weighted by atomic mass is 16.5. The summed E-state index contributed by atoms with van der Waals surface area (Å²) in [6, 6.07) is 0. The van der Waals surface area contributed by atoms with Crippen LogP contribution in [0.2, 0.25) is 0 Å². The van der Waals surface area contributed by atoms with Crippen LogP contribution in [0.4, 0.5) is 0 Å². The third kappa shape index (κ3) is 4.81. The van der Waals surface area contributed by atoms with E-state index in [0.717, 1.165) is 45.2 Å². The second-order valence-electron chi connectivity index (χ2n) is 5.42. The monoisotopic (exact) mass is 229 g/mol. The van der Waals surface area contributed by atoms with Gasteiger partial charge in [0, 0.05) is 32.3 Å². The Morgan fingerprint density at radius 2 is 2.25 bits per heavy atom. The Morgan fingerprint density at radius 3 is 2.81 bits per heavy atom. The predicted molar refractivity (Wildman–Crippen MR) is 66.7 cm³/mol. The summed E-state index contributed by atoms with van der Waals surface area (Å²) in [5, 5.41) is 3.57. The van der Waals surface area contributed by atoms with Gasteiger partial charge in [0.05, 0.1) is 6.61 Å². The SMILES string of the molecule is COCCCC1(CNCC(C)C)CCOC1. The van der Waals surface area contributed by atoms with Crippen LogP contribution in [-0.4, -0.2) is 40.0 Å². The van der Waals surface area contributed by atoms with Gasteiger partial charge in [-0.1, -0.05) is 13.8 Å². The van der Waals surface area contributed by atoms with Crippen LogP contribution >= 0.6 is 0 Å². The Bertz CT molecular complexity index is 177. The van der Waals surface area contributed by atoms with E-state index >= 15 is 0 Å². The van der Waals surface area contributed by atoms with E-state index in [1.54, 1.807) is 7.11 Å². The Hall–Kier alpha value is -0.120. The number of ether oxygens (including phenoxy) is 2. The van der Waals surface area contributed by atoms with E-state index < -0.39 is 0 Å². The van der Waals surface area contributed by atoms with Crippen molar-refractivity contribution in [2.24, 2.45) is 11.3 Å². The maximum atomic E-state index is 5.57. The topological polar surface area (TPSA) is 30.5 Å². The summed E-state index contributed by atoms with van der Waals surface area (Å²) in [4.78, 5) is 0. The van der Waals surface area contributed by atoms with Gasteiger partial charge < -0.3 is 14.8 Å². The van der Waals surface area contributed by atoms with E-state index in [1.165, 1.54) is 12.8 Å². The molecule has 0 amide bonds. The first kappa shape index (κ1) is 13.9. The maximum Gasteiger partial charge on any atom is 0.0535 e. The molecule has 0 bridgehead atoms. The molecule has 1 N–H and O–H groups in total. The highest BCUT2D eigenvalue weighted by Gasteiger charge is 2.33. The minimum Gasteiger partial charge on any atom is -0.385 e. The minimum atomic E-state index is 0.368. The first-order valence-electron chi connectivity index (χ1n) is 6.46.